The molecule has 17 heavy (non-hydrogen) atoms. The molecule has 0 bridgehead atoms. The minimum absolute atomic E-state index is 0.0964. The van der Waals surface area contributed by atoms with Gasteiger partial charge < -0.3 is 10.2 Å². The van der Waals surface area contributed by atoms with Crippen molar-refractivity contribution >= 4 is 22.1 Å². The molecule has 0 amide bonds. The fourth-order valence-electron chi connectivity index (χ4n) is 0.748. The van der Waals surface area contributed by atoms with Crippen LogP contribution in [-0.4, -0.2) is 40.9 Å². The Hall–Kier alpha value is -1.15. The van der Waals surface area contributed by atoms with Crippen molar-refractivity contribution in [1.29, 1.82) is 0 Å². The standard InChI is InChI=1S/C5H12O3S.C4H6O4/c1-2-3-4-5-9(6,7)8;5-3(6)1-2-4(7)8/h2-5H2,1H3,(H,6,7,8);1-2H2,(H,5,6)(H,7,8). The van der Waals surface area contributed by atoms with Crippen LogP contribution < -0.4 is 0 Å². The average molecular weight is 270 g/mol. The quantitative estimate of drug-likeness (QED) is 0.464. The fourth-order valence-corrected chi connectivity index (χ4v) is 1.32. The summed E-state index contributed by atoms with van der Waals surface area (Å²) in [6.07, 6.45) is 1.80. The zero-order valence-electron chi connectivity index (χ0n) is 9.63. The Morgan fingerprint density at radius 1 is 1.00 bits per heavy atom. The van der Waals surface area contributed by atoms with Crippen LogP contribution in [0, 0.1) is 0 Å². The topological polar surface area (TPSA) is 129 Å². The Kier molecular flexibility index (Phi) is 10.8. The first kappa shape index (κ1) is 18.2. The molecule has 0 aliphatic heterocycles. The molecule has 3 N–H and O–H groups in total. The molecule has 7 nitrogen and oxygen atoms in total. The first-order valence-electron chi connectivity index (χ1n) is 5.07. The molecule has 102 valence electrons. The Morgan fingerprint density at radius 3 is 1.65 bits per heavy atom. The first-order valence-corrected chi connectivity index (χ1v) is 6.68. The van der Waals surface area contributed by atoms with Gasteiger partial charge in [-0.3, -0.25) is 14.1 Å². The van der Waals surface area contributed by atoms with Crippen molar-refractivity contribution < 1.29 is 32.8 Å². The largest absolute Gasteiger partial charge is 0.481 e. The average Bonchev–Trinajstić information content (AvgIpc) is 2.14. The molecule has 0 radical (unpaired) electrons. The van der Waals surface area contributed by atoms with E-state index < -0.39 is 22.1 Å². The lowest BCUT2D eigenvalue weighted by Crippen LogP contribution is -2.02. The molecule has 0 atom stereocenters. The first-order chi connectivity index (χ1) is 7.69. The van der Waals surface area contributed by atoms with Crippen LogP contribution in [-0.2, 0) is 19.7 Å². The van der Waals surface area contributed by atoms with Crippen LogP contribution >= 0.6 is 0 Å². The van der Waals surface area contributed by atoms with Crippen molar-refractivity contribution in [2.45, 2.75) is 39.0 Å². The van der Waals surface area contributed by atoms with E-state index in [1.54, 1.807) is 0 Å². The van der Waals surface area contributed by atoms with Gasteiger partial charge in [0.2, 0.25) is 0 Å². The predicted molar refractivity (Wildman–Crippen MR) is 60.4 cm³/mol. The minimum Gasteiger partial charge on any atom is -0.481 e. The molecule has 0 unspecified atom stereocenters. The third kappa shape index (κ3) is 25.3. The summed E-state index contributed by atoms with van der Waals surface area (Å²) in [6.45, 7) is 1.98. The second-order valence-corrected chi connectivity index (χ2v) is 4.85. The van der Waals surface area contributed by atoms with E-state index in [1.165, 1.54) is 0 Å². The highest BCUT2D eigenvalue weighted by Gasteiger charge is 2.01. The number of carboxylic acid groups (broad SMARTS) is 2. The van der Waals surface area contributed by atoms with Crippen molar-refractivity contribution in [3.63, 3.8) is 0 Å². The number of carboxylic acids is 2. The summed E-state index contributed by atoms with van der Waals surface area (Å²) in [4.78, 5) is 19.3. The molecule has 0 aliphatic carbocycles. The van der Waals surface area contributed by atoms with Crippen molar-refractivity contribution in [2.24, 2.45) is 0 Å². The predicted octanol–water partition coefficient (Wildman–Crippen LogP) is 1.00. The van der Waals surface area contributed by atoms with Crippen molar-refractivity contribution in [2.75, 3.05) is 5.75 Å². The highest BCUT2D eigenvalue weighted by atomic mass is 32.2. The van der Waals surface area contributed by atoms with E-state index in [0.717, 1.165) is 12.8 Å². The zero-order chi connectivity index (χ0) is 13.9. The molecule has 0 saturated heterocycles. The van der Waals surface area contributed by atoms with Crippen LogP contribution in [0.25, 0.3) is 0 Å². The van der Waals surface area contributed by atoms with Crippen molar-refractivity contribution in [3.8, 4) is 0 Å². The maximum atomic E-state index is 10.1. The maximum Gasteiger partial charge on any atom is 0.303 e. The van der Waals surface area contributed by atoms with Gasteiger partial charge in [-0.25, -0.2) is 0 Å². The Labute approximate surface area is 100 Å². The SMILES string of the molecule is CCCCCS(=O)(=O)O.O=C(O)CCC(=O)O. The number of hydrogen-bond acceptors (Lipinski definition) is 4. The molecular weight excluding hydrogens is 252 g/mol. The van der Waals surface area contributed by atoms with E-state index in [1.807, 2.05) is 6.92 Å². The normalized spacial score (nSPS) is 10.2. The van der Waals surface area contributed by atoms with Gasteiger partial charge in [-0.05, 0) is 6.42 Å². The molecule has 0 rings (SSSR count). The molecule has 0 aromatic carbocycles. The van der Waals surface area contributed by atoms with Gasteiger partial charge in [-0.1, -0.05) is 19.8 Å². The summed E-state index contributed by atoms with van der Waals surface area (Å²) in [5.74, 6) is -2.25. The van der Waals surface area contributed by atoms with Gasteiger partial charge in [-0.2, -0.15) is 8.42 Å². The number of rotatable bonds is 7. The smallest absolute Gasteiger partial charge is 0.303 e. The van der Waals surface area contributed by atoms with Gasteiger partial charge in [-0.15, -0.1) is 0 Å². The number of carbonyl (C=O) groups is 2. The van der Waals surface area contributed by atoms with Gasteiger partial charge in [0.05, 0.1) is 18.6 Å². The van der Waals surface area contributed by atoms with Crippen molar-refractivity contribution in [1.82, 2.24) is 0 Å². The van der Waals surface area contributed by atoms with Crippen LogP contribution in [0.1, 0.15) is 39.0 Å². The van der Waals surface area contributed by atoms with Gasteiger partial charge in [0.25, 0.3) is 10.1 Å². The summed E-state index contributed by atoms with van der Waals surface area (Å²) in [6, 6.07) is 0. The summed E-state index contributed by atoms with van der Waals surface area (Å²) in [5, 5.41) is 15.8. The summed E-state index contributed by atoms with van der Waals surface area (Å²) >= 11 is 0. The molecule has 0 fully saturated rings. The second kappa shape index (κ2) is 10.0. The maximum absolute atomic E-state index is 10.1. The highest BCUT2D eigenvalue weighted by Crippen LogP contribution is 1.96. The van der Waals surface area contributed by atoms with Crippen LogP contribution in [0.15, 0.2) is 0 Å². The monoisotopic (exact) mass is 270 g/mol. The Bertz CT molecular complexity index is 306. The summed E-state index contributed by atoms with van der Waals surface area (Å²) in [5.41, 5.74) is 0. The Balaban J connectivity index is 0. The van der Waals surface area contributed by atoms with E-state index in [4.69, 9.17) is 14.8 Å². The third-order valence-electron chi connectivity index (χ3n) is 1.56. The van der Waals surface area contributed by atoms with Gasteiger partial charge >= 0.3 is 11.9 Å². The molecule has 0 saturated carbocycles. The third-order valence-corrected chi connectivity index (χ3v) is 2.36. The lowest BCUT2D eigenvalue weighted by molar-refractivity contribution is -0.143. The summed E-state index contributed by atoms with van der Waals surface area (Å²) in [7, 11) is -3.70. The minimum atomic E-state index is -3.70. The molecule has 0 aromatic rings. The molecule has 0 spiro atoms. The van der Waals surface area contributed by atoms with E-state index >= 15 is 0 Å². The van der Waals surface area contributed by atoms with E-state index in [-0.39, 0.29) is 18.6 Å². The second-order valence-electron chi connectivity index (χ2n) is 3.28. The van der Waals surface area contributed by atoms with Gasteiger partial charge in [0.15, 0.2) is 0 Å². The van der Waals surface area contributed by atoms with E-state index in [0.29, 0.717) is 6.42 Å². The Morgan fingerprint density at radius 2 is 1.41 bits per heavy atom. The van der Waals surface area contributed by atoms with Crippen LogP contribution in [0.5, 0.6) is 0 Å². The van der Waals surface area contributed by atoms with Crippen molar-refractivity contribution in [3.05, 3.63) is 0 Å². The van der Waals surface area contributed by atoms with E-state index in [2.05, 4.69) is 0 Å². The van der Waals surface area contributed by atoms with Crippen LogP contribution in [0.3, 0.4) is 0 Å². The molecular formula is C9H18O7S. The number of hydrogen-bond donors (Lipinski definition) is 3. The highest BCUT2D eigenvalue weighted by molar-refractivity contribution is 7.85. The van der Waals surface area contributed by atoms with E-state index in [9.17, 15) is 18.0 Å². The summed E-state index contributed by atoms with van der Waals surface area (Å²) < 4.78 is 28.3. The zero-order valence-corrected chi connectivity index (χ0v) is 10.4. The van der Waals surface area contributed by atoms with Gasteiger partial charge in [0.1, 0.15) is 0 Å². The molecule has 0 aromatic heterocycles. The lowest BCUT2D eigenvalue weighted by atomic mass is 10.3. The van der Waals surface area contributed by atoms with Gasteiger partial charge in [0, 0.05) is 0 Å². The van der Waals surface area contributed by atoms with Crippen LogP contribution in [0.2, 0.25) is 0 Å². The molecule has 0 heterocycles. The molecule has 0 aliphatic rings. The van der Waals surface area contributed by atoms with Crippen LogP contribution in [0.4, 0.5) is 0 Å². The lowest BCUT2D eigenvalue weighted by Gasteiger charge is -1.92. The fraction of sp³-hybridized carbons (Fsp3) is 0.778. The number of aliphatic carboxylic acids is 2. The molecule has 8 heteroatoms. The number of unbranched alkanes of at least 4 members (excludes halogenated alkanes) is 2.